The number of aliphatic carboxylic acids is 1. The fraction of sp³-hybridized carbons (Fsp3) is 0.364. The highest BCUT2D eigenvalue weighted by Gasteiger charge is 2.23. The monoisotopic (exact) mass is 178 g/mol. The number of hydrogen-bond donors (Lipinski definition) is 1. The van der Waals surface area contributed by atoms with E-state index in [9.17, 15) is 4.79 Å². The Kier molecular flexibility index (Phi) is 3.07. The molecule has 1 aliphatic rings. The topological polar surface area (TPSA) is 37.3 Å². The Morgan fingerprint density at radius 1 is 1.38 bits per heavy atom. The van der Waals surface area contributed by atoms with E-state index in [0.29, 0.717) is 12.8 Å². The smallest absolute Gasteiger partial charge is 0.306 e. The van der Waals surface area contributed by atoms with Gasteiger partial charge in [-0.1, -0.05) is 25.3 Å². The van der Waals surface area contributed by atoms with E-state index >= 15 is 0 Å². The molecule has 70 valence electrons. The van der Waals surface area contributed by atoms with Gasteiger partial charge in [0.2, 0.25) is 0 Å². The van der Waals surface area contributed by atoms with E-state index in [1.54, 1.807) is 12.2 Å². The molecule has 1 aliphatic carbocycles. The van der Waals surface area contributed by atoms with Gasteiger partial charge in [-0.15, -0.1) is 0 Å². The van der Waals surface area contributed by atoms with Crippen LogP contribution in [0.15, 0.2) is 36.5 Å². The highest BCUT2D eigenvalue weighted by atomic mass is 16.4. The van der Waals surface area contributed by atoms with Crippen LogP contribution in [0.5, 0.6) is 0 Å². The minimum atomic E-state index is -0.706. The fourth-order valence-corrected chi connectivity index (χ4v) is 1.65. The molecule has 0 bridgehead atoms. The number of rotatable bonds is 3. The summed E-state index contributed by atoms with van der Waals surface area (Å²) < 4.78 is 0. The van der Waals surface area contributed by atoms with Crippen molar-refractivity contribution < 1.29 is 9.90 Å². The van der Waals surface area contributed by atoms with Gasteiger partial charge in [-0.25, -0.2) is 0 Å². The van der Waals surface area contributed by atoms with Crippen molar-refractivity contribution in [3.63, 3.8) is 0 Å². The molecule has 1 rings (SSSR count). The molecule has 2 heteroatoms. The van der Waals surface area contributed by atoms with Gasteiger partial charge < -0.3 is 5.11 Å². The summed E-state index contributed by atoms with van der Waals surface area (Å²) in [7, 11) is 0. The molecule has 0 saturated carbocycles. The molecule has 0 fully saturated rings. The summed E-state index contributed by atoms with van der Waals surface area (Å²) >= 11 is 0. The maximum absolute atomic E-state index is 10.7. The van der Waals surface area contributed by atoms with Crippen LogP contribution in [-0.4, -0.2) is 11.1 Å². The van der Waals surface area contributed by atoms with Gasteiger partial charge >= 0.3 is 5.97 Å². The lowest BCUT2D eigenvalue weighted by Gasteiger charge is -2.21. The van der Waals surface area contributed by atoms with Gasteiger partial charge in [0.05, 0.1) is 5.92 Å². The van der Waals surface area contributed by atoms with Crippen molar-refractivity contribution in [1.82, 2.24) is 0 Å². The predicted molar refractivity (Wildman–Crippen MR) is 52.4 cm³/mol. The molecule has 0 aromatic rings. The van der Waals surface area contributed by atoms with E-state index in [-0.39, 0.29) is 5.92 Å². The summed E-state index contributed by atoms with van der Waals surface area (Å²) in [6.07, 6.45) is 5.66. The Labute approximate surface area is 78.3 Å². The summed E-state index contributed by atoms with van der Waals surface area (Å²) in [4.78, 5) is 10.7. The average Bonchev–Trinajstić information content (AvgIpc) is 2.16. The van der Waals surface area contributed by atoms with Crippen molar-refractivity contribution in [3.05, 3.63) is 36.5 Å². The van der Waals surface area contributed by atoms with Gasteiger partial charge in [-0.3, -0.25) is 4.79 Å². The number of carbonyl (C=O) groups is 1. The molecule has 0 aromatic heterocycles. The highest BCUT2D eigenvalue weighted by Crippen LogP contribution is 2.30. The van der Waals surface area contributed by atoms with E-state index in [2.05, 4.69) is 13.2 Å². The normalized spacial score (nSPS) is 22.6. The molecule has 0 heterocycles. The molecule has 0 aliphatic heterocycles. The molecular formula is C11H14O2. The van der Waals surface area contributed by atoms with Crippen molar-refractivity contribution in [2.45, 2.75) is 19.3 Å². The summed E-state index contributed by atoms with van der Waals surface area (Å²) in [5, 5.41) is 8.83. The van der Waals surface area contributed by atoms with Crippen molar-refractivity contribution in [3.8, 4) is 0 Å². The third-order valence-electron chi connectivity index (χ3n) is 2.48. The summed E-state index contributed by atoms with van der Waals surface area (Å²) in [6, 6.07) is 0. The first-order chi connectivity index (χ1) is 6.19. The third-order valence-corrected chi connectivity index (χ3v) is 2.48. The van der Waals surface area contributed by atoms with Gasteiger partial charge in [-0.05, 0) is 30.4 Å². The maximum Gasteiger partial charge on any atom is 0.306 e. The van der Waals surface area contributed by atoms with Crippen LogP contribution < -0.4 is 0 Å². The average molecular weight is 178 g/mol. The first-order valence-corrected chi connectivity index (χ1v) is 4.38. The first kappa shape index (κ1) is 9.78. The van der Waals surface area contributed by atoms with E-state index in [1.807, 2.05) is 0 Å². The van der Waals surface area contributed by atoms with Crippen molar-refractivity contribution in [2.24, 2.45) is 5.92 Å². The molecule has 1 N–H and O–H groups in total. The zero-order valence-electron chi connectivity index (χ0n) is 7.62. The van der Waals surface area contributed by atoms with E-state index in [4.69, 9.17) is 5.11 Å². The number of carboxylic acid groups (broad SMARTS) is 1. The molecule has 13 heavy (non-hydrogen) atoms. The second kappa shape index (κ2) is 4.08. The molecule has 0 spiro atoms. The highest BCUT2D eigenvalue weighted by molar-refractivity contribution is 5.71. The molecule has 0 radical (unpaired) electrons. The second-order valence-corrected chi connectivity index (χ2v) is 3.24. The van der Waals surface area contributed by atoms with Gasteiger partial charge in [0.1, 0.15) is 0 Å². The molecular weight excluding hydrogens is 164 g/mol. The lowest BCUT2D eigenvalue weighted by Crippen LogP contribution is -2.18. The van der Waals surface area contributed by atoms with Crippen molar-refractivity contribution in [1.29, 1.82) is 0 Å². The fourth-order valence-electron chi connectivity index (χ4n) is 1.65. The number of carboxylic acids is 1. The minimum Gasteiger partial charge on any atom is -0.481 e. The zero-order chi connectivity index (χ0) is 9.84. The number of hydrogen-bond acceptors (Lipinski definition) is 1. The third kappa shape index (κ3) is 2.08. The Hall–Kier alpha value is -1.31. The first-order valence-electron chi connectivity index (χ1n) is 4.38. The summed E-state index contributed by atoms with van der Waals surface area (Å²) in [5.74, 6) is -0.945. The van der Waals surface area contributed by atoms with Crippen LogP contribution in [0, 0.1) is 5.92 Å². The Bertz CT molecular complexity index is 274. The van der Waals surface area contributed by atoms with Gasteiger partial charge in [-0.2, -0.15) is 0 Å². The zero-order valence-corrected chi connectivity index (χ0v) is 7.62. The van der Waals surface area contributed by atoms with Crippen LogP contribution in [0.1, 0.15) is 19.3 Å². The molecule has 0 saturated heterocycles. The lowest BCUT2D eigenvalue weighted by molar-refractivity contribution is -0.142. The van der Waals surface area contributed by atoms with Crippen LogP contribution in [0.2, 0.25) is 0 Å². The van der Waals surface area contributed by atoms with Crippen molar-refractivity contribution in [2.75, 3.05) is 0 Å². The van der Waals surface area contributed by atoms with Gasteiger partial charge in [0.25, 0.3) is 0 Å². The van der Waals surface area contributed by atoms with Crippen molar-refractivity contribution >= 4 is 5.97 Å². The minimum absolute atomic E-state index is 0.239. The Balaban J connectivity index is 2.83. The maximum atomic E-state index is 10.7. The molecule has 1 unspecified atom stereocenters. The second-order valence-electron chi connectivity index (χ2n) is 3.24. The van der Waals surface area contributed by atoms with Crippen LogP contribution >= 0.6 is 0 Å². The van der Waals surface area contributed by atoms with E-state index < -0.39 is 5.97 Å². The van der Waals surface area contributed by atoms with Crippen LogP contribution in [-0.2, 0) is 4.79 Å². The molecule has 0 amide bonds. The molecule has 0 aromatic carbocycles. The molecule has 1 atom stereocenters. The van der Waals surface area contributed by atoms with Gasteiger partial charge in [0, 0.05) is 0 Å². The standard InChI is InChI=1S/C11H14O2/c1-3-8-5-6-10(11(12)13)7-9(8)4-2/h3-4,10H,1-2,5-7H2,(H,12,13). The van der Waals surface area contributed by atoms with Gasteiger partial charge in [0.15, 0.2) is 0 Å². The van der Waals surface area contributed by atoms with Crippen LogP contribution in [0.25, 0.3) is 0 Å². The van der Waals surface area contributed by atoms with Crippen LogP contribution in [0.3, 0.4) is 0 Å². The predicted octanol–water partition coefficient (Wildman–Crippen LogP) is 2.54. The largest absolute Gasteiger partial charge is 0.481 e. The Morgan fingerprint density at radius 3 is 2.46 bits per heavy atom. The summed E-state index contributed by atoms with van der Waals surface area (Å²) in [6.45, 7) is 7.38. The SMILES string of the molecule is C=CC1=C(C=C)CC(C(=O)O)CC1. The quantitative estimate of drug-likeness (QED) is 0.721. The van der Waals surface area contributed by atoms with Crippen LogP contribution in [0.4, 0.5) is 0 Å². The van der Waals surface area contributed by atoms with E-state index in [1.165, 1.54) is 0 Å². The molecule has 2 nitrogen and oxygen atoms in total. The van der Waals surface area contributed by atoms with E-state index in [0.717, 1.165) is 17.6 Å². The Morgan fingerprint density at radius 2 is 2.00 bits per heavy atom. The number of allylic oxidation sites excluding steroid dienone is 4. The lowest BCUT2D eigenvalue weighted by atomic mass is 9.84. The summed E-state index contributed by atoms with van der Waals surface area (Å²) in [5.41, 5.74) is 2.18.